The van der Waals surface area contributed by atoms with Crippen molar-refractivity contribution in [1.82, 2.24) is 5.32 Å². The van der Waals surface area contributed by atoms with Gasteiger partial charge in [0.2, 0.25) is 5.91 Å². The fraction of sp³-hybridized carbons (Fsp3) is 0.556. The summed E-state index contributed by atoms with van der Waals surface area (Å²) in [6.45, 7) is 6.23. The SMILES string of the molecule is C=C1C[C@]23C[C@@]1(O)CC[C@H]2[C@@]12C=C[C@H](O)[C@](C)(C(=O)O1)[C@H]2[C@@H]3C(=O)NCCc1ccc(F)cc1. The van der Waals surface area contributed by atoms with Crippen molar-refractivity contribution in [1.29, 1.82) is 0 Å². The zero-order chi connectivity index (χ0) is 24.1. The van der Waals surface area contributed by atoms with Gasteiger partial charge in [-0.15, -0.1) is 0 Å². The highest BCUT2D eigenvalue weighted by atomic mass is 19.1. The monoisotopic (exact) mass is 467 g/mol. The van der Waals surface area contributed by atoms with Gasteiger partial charge in [0.1, 0.15) is 16.8 Å². The number of hydrogen-bond acceptors (Lipinski definition) is 5. The number of hydrogen-bond donors (Lipinski definition) is 3. The van der Waals surface area contributed by atoms with Gasteiger partial charge < -0.3 is 20.3 Å². The lowest BCUT2D eigenvalue weighted by Crippen LogP contribution is -2.52. The van der Waals surface area contributed by atoms with Crippen LogP contribution >= 0.6 is 0 Å². The van der Waals surface area contributed by atoms with Crippen LogP contribution in [0.25, 0.3) is 0 Å². The van der Waals surface area contributed by atoms with E-state index < -0.39 is 45.9 Å². The van der Waals surface area contributed by atoms with Crippen molar-refractivity contribution in [2.24, 2.45) is 28.6 Å². The van der Waals surface area contributed by atoms with Crippen LogP contribution in [0.4, 0.5) is 4.39 Å². The molecule has 6 nitrogen and oxygen atoms in total. The standard InChI is InChI=1S/C27H30FNO5/c1-15-13-25-14-26(15,33)10-7-18(25)27-11-8-19(30)24(2,23(32)34-27)21(27)20(25)22(31)29-12-9-16-3-5-17(28)6-4-16/h3-6,8,11,18-21,30,33H,1,7,9-10,12-14H2,2H3,(H,29,31)/t18-,19+,20-,21-,24+,25+,26+,27-/m1/s1. The molecule has 3 saturated carbocycles. The molecule has 1 aromatic carbocycles. The van der Waals surface area contributed by atoms with Gasteiger partial charge in [0.15, 0.2) is 0 Å². The molecule has 1 spiro atoms. The van der Waals surface area contributed by atoms with Gasteiger partial charge in [-0.1, -0.05) is 24.8 Å². The van der Waals surface area contributed by atoms with Gasteiger partial charge in [0, 0.05) is 18.4 Å². The van der Waals surface area contributed by atoms with Crippen LogP contribution in [0.3, 0.4) is 0 Å². The summed E-state index contributed by atoms with van der Waals surface area (Å²) in [7, 11) is 0. The summed E-state index contributed by atoms with van der Waals surface area (Å²) in [4.78, 5) is 27.1. The molecule has 4 aliphatic carbocycles. The predicted octanol–water partition coefficient (Wildman–Crippen LogP) is 2.44. The molecule has 0 unspecified atom stereocenters. The number of rotatable bonds is 4. The van der Waals surface area contributed by atoms with Crippen LogP contribution in [-0.4, -0.2) is 45.9 Å². The number of ether oxygens (including phenoxy) is 1. The lowest BCUT2D eigenvalue weighted by molar-refractivity contribution is -0.160. The number of aliphatic hydroxyl groups is 2. The van der Waals surface area contributed by atoms with Crippen molar-refractivity contribution in [3.63, 3.8) is 0 Å². The van der Waals surface area contributed by atoms with E-state index in [2.05, 4.69) is 11.9 Å². The Kier molecular flexibility index (Phi) is 4.39. The minimum absolute atomic E-state index is 0.133. The minimum Gasteiger partial charge on any atom is -0.454 e. The first-order valence-corrected chi connectivity index (χ1v) is 12.1. The number of carbonyl (C=O) groups excluding carboxylic acids is 2. The van der Waals surface area contributed by atoms with E-state index in [0.29, 0.717) is 38.6 Å². The first kappa shape index (κ1) is 22.0. The van der Waals surface area contributed by atoms with Gasteiger partial charge in [-0.3, -0.25) is 9.59 Å². The molecule has 6 rings (SSSR count). The number of halogens is 1. The zero-order valence-electron chi connectivity index (χ0n) is 19.2. The molecule has 5 aliphatic rings. The van der Waals surface area contributed by atoms with Crippen LogP contribution in [0, 0.1) is 34.4 Å². The van der Waals surface area contributed by atoms with Crippen LogP contribution < -0.4 is 5.32 Å². The van der Waals surface area contributed by atoms with Crippen molar-refractivity contribution < 1.29 is 28.9 Å². The largest absolute Gasteiger partial charge is 0.454 e. The van der Waals surface area contributed by atoms with Crippen molar-refractivity contribution in [2.75, 3.05) is 6.54 Å². The number of nitrogens with one attached hydrogen (secondary N) is 1. The van der Waals surface area contributed by atoms with E-state index in [1.165, 1.54) is 12.1 Å². The summed E-state index contributed by atoms with van der Waals surface area (Å²) in [6, 6.07) is 6.18. The molecule has 4 fully saturated rings. The van der Waals surface area contributed by atoms with Gasteiger partial charge in [-0.2, -0.15) is 0 Å². The van der Waals surface area contributed by atoms with Crippen LogP contribution in [0.15, 0.2) is 48.6 Å². The predicted molar refractivity (Wildman–Crippen MR) is 121 cm³/mol. The first-order chi connectivity index (χ1) is 16.1. The smallest absolute Gasteiger partial charge is 0.316 e. The molecule has 1 heterocycles. The second-order valence-electron chi connectivity index (χ2n) is 11.3. The molecular weight excluding hydrogens is 437 g/mol. The number of benzene rings is 1. The molecule has 34 heavy (non-hydrogen) atoms. The molecule has 4 bridgehead atoms. The van der Waals surface area contributed by atoms with Crippen LogP contribution in [-0.2, 0) is 20.7 Å². The normalized spacial score (nSPS) is 45.6. The Morgan fingerprint density at radius 2 is 2.06 bits per heavy atom. The maximum Gasteiger partial charge on any atom is 0.316 e. The van der Waals surface area contributed by atoms with E-state index in [0.717, 1.165) is 11.1 Å². The van der Waals surface area contributed by atoms with Gasteiger partial charge in [-0.05, 0) is 73.8 Å². The number of fused-ring (bicyclic) bond motifs is 1. The molecule has 1 aliphatic heterocycles. The summed E-state index contributed by atoms with van der Waals surface area (Å²) >= 11 is 0. The fourth-order valence-corrected chi connectivity index (χ4v) is 8.25. The highest BCUT2D eigenvalue weighted by Gasteiger charge is 2.83. The van der Waals surface area contributed by atoms with E-state index >= 15 is 0 Å². The second-order valence-corrected chi connectivity index (χ2v) is 11.3. The van der Waals surface area contributed by atoms with E-state index in [9.17, 15) is 24.2 Å². The molecule has 7 heteroatoms. The number of aliphatic hydroxyl groups excluding tert-OH is 1. The van der Waals surface area contributed by atoms with Crippen molar-refractivity contribution >= 4 is 11.9 Å². The number of amides is 1. The minimum atomic E-state index is -1.23. The highest BCUT2D eigenvalue weighted by molar-refractivity contribution is 5.88. The average Bonchev–Trinajstić information content (AvgIpc) is 3.22. The van der Waals surface area contributed by atoms with Gasteiger partial charge in [-0.25, -0.2) is 4.39 Å². The van der Waals surface area contributed by atoms with Gasteiger partial charge in [0.05, 0.1) is 17.6 Å². The molecule has 8 atom stereocenters. The summed E-state index contributed by atoms with van der Waals surface area (Å²) in [5.41, 5.74) is -2.16. The number of esters is 1. The quantitative estimate of drug-likeness (QED) is 0.467. The van der Waals surface area contributed by atoms with Crippen molar-refractivity contribution in [2.45, 2.75) is 56.3 Å². The lowest BCUT2D eigenvalue weighted by Gasteiger charge is -2.44. The summed E-state index contributed by atoms with van der Waals surface area (Å²) in [5.74, 6) is -2.24. The van der Waals surface area contributed by atoms with E-state index in [4.69, 9.17) is 4.74 Å². The summed E-state index contributed by atoms with van der Waals surface area (Å²) < 4.78 is 19.3. The van der Waals surface area contributed by atoms with Crippen molar-refractivity contribution in [3.05, 3.63) is 60.0 Å². The maximum atomic E-state index is 13.9. The Bertz CT molecular complexity index is 1130. The third-order valence-electron chi connectivity index (χ3n) is 9.76. The van der Waals surface area contributed by atoms with E-state index in [1.54, 1.807) is 25.1 Å². The van der Waals surface area contributed by atoms with E-state index in [-0.39, 0.29) is 17.6 Å². The Hall–Kier alpha value is -2.51. The van der Waals surface area contributed by atoms with Crippen LogP contribution in [0.2, 0.25) is 0 Å². The highest BCUT2D eigenvalue weighted by Crippen LogP contribution is 2.77. The molecule has 0 radical (unpaired) electrons. The Labute approximate surface area is 197 Å². The molecular formula is C27H30FNO5. The van der Waals surface area contributed by atoms with E-state index in [1.807, 2.05) is 6.08 Å². The summed E-state index contributed by atoms with van der Waals surface area (Å²) in [5, 5.41) is 25.3. The molecule has 1 aromatic rings. The van der Waals surface area contributed by atoms with Gasteiger partial charge >= 0.3 is 5.97 Å². The Morgan fingerprint density at radius 3 is 2.79 bits per heavy atom. The third kappa shape index (κ3) is 2.52. The molecule has 180 valence electrons. The maximum absolute atomic E-state index is 13.9. The Morgan fingerprint density at radius 1 is 1.32 bits per heavy atom. The molecule has 1 amide bonds. The van der Waals surface area contributed by atoms with Crippen molar-refractivity contribution in [3.8, 4) is 0 Å². The molecule has 3 N–H and O–H groups in total. The fourth-order valence-electron chi connectivity index (χ4n) is 8.25. The summed E-state index contributed by atoms with van der Waals surface area (Å²) in [6.07, 6.45) is 5.01. The van der Waals surface area contributed by atoms with Crippen LogP contribution in [0.5, 0.6) is 0 Å². The van der Waals surface area contributed by atoms with Crippen LogP contribution in [0.1, 0.15) is 38.2 Å². The Balaban J connectivity index is 1.37. The first-order valence-electron chi connectivity index (χ1n) is 12.1. The second kappa shape index (κ2) is 6.79. The zero-order valence-corrected chi connectivity index (χ0v) is 19.2. The number of carbonyl (C=O) groups is 2. The average molecular weight is 468 g/mol. The van der Waals surface area contributed by atoms with Gasteiger partial charge in [0.25, 0.3) is 0 Å². The third-order valence-corrected chi connectivity index (χ3v) is 9.76. The topological polar surface area (TPSA) is 95.9 Å². The molecule has 1 saturated heterocycles. The molecule has 0 aromatic heterocycles. The lowest BCUT2D eigenvalue weighted by atomic mass is 9.60.